The highest BCUT2D eigenvalue weighted by Gasteiger charge is 2.40. The lowest BCUT2D eigenvalue weighted by Crippen LogP contribution is -2.62. The van der Waals surface area contributed by atoms with Gasteiger partial charge in [-0.2, -0.15) is 5.10 Å². The van der Waals surface area contributed by atoms with Crippen molar-refractivity contribution in [3.63, 3.8) is 0 Å². The number of H-pyrrole nitrogens is 1. The first-order valence-electron chi connectivity index (χ1n) is 12.7. The molecular formula is C29H32FN5O3. The van der Waals surface area contributed by atoms with Gasteiger partial charge in [-0.15, -0.1) is 0 Å². The van der Waals surface area contributed by atoms with E-state index in [1.54, 1.807) is 47.2 Å². The van der Waals surface area contributed by atoms with Gasteiger partial charge in [0.05, 0.1) is 11.2 Å². The van der Waals surface area contributed by atoms with Crippen molar-refractivity contribution in [2.45, 2.75) is 52.5 Å². The van der Waals surface area contributed by atoms with Crippen molar-refractivity contribution < 1.29 is 18.4 Å². The molecule has 198 valence electrons. The van der Waals surface area contributed by atoms with E-state index >= 15 is 0 Å². The molecule has 8 nitrogen and oxygen atoms in total. The van der Waals surface area contributed by atoms with Gasteiger partial charge in [0.1, 0.15) is 17.0 Å². The Labute approximate surface area is 220 Å². The van der Waals surface area contributed by atoms with Crippen molar-refractivity contribution in [2.24, 2.45) is 0 Å². The predicted molar refractivity (Wildman–Crippen MR) is 142 cm³/mol. The molecule has 4 heterocycles. The number of fused-ring (bicyclic) bond motifs is 1. The summed E-state index contributed by atoms with van der Waals surface area (Å²) in [6, 6.07) is 10.2. The number of amides is 2. The molecule has 1 fully saturated rings. The minimum atomic E-state index is -0.624. The van der Waals surface area contributed by atoms with Gasteiger partial charge in [0.2, 0.25) is 0 Å². The SMILES string of the molecule is Cc1cc(-c2cc(C(C)(C)C)c3oc(C(=O)N4CCN(C(=O)c5ccn[nH]5)CC4(C)C)cc3n2)ccc1F. The van der Waals surface area contributed by atoms with Gasteiger partial charge in [-0.25, -0.2) is 9.37 Å². The molecule has 1 aliphatic rings. The summed E-state index contributed by atoms with van der Waals surface area (Å²) in [6.45, 7) is 13.0. The molecule has 1 N–H and O–H groups in total. The van der Waals surface area contributed by atoms with Crippen LogP contribution in [0.15, 0.2) is 47.0 Å². The Morgan fingerprint density at radius 2 is 1.84 bits per heavy atom. The van der Waals surface area contributed by atoms with Gasteiger partial charge < -0.3 is 14.2 Å². The van der Waals surface area contributed by atoms with Crippen LogP contribution in [0.5, 0.6) is 0 Å². The number of furan rings is 1. The van der Waals surface area contributed by atoms with Gasteiger partial charge in [-0.3, -0.25) is 14.7 Å². The summed E-state index contributed by atoms with van der Waals surface area (Å²) >= 11 is 0. The van der Waals surface area contributed by atoms with Gasteiger partial charge in [0, 0.05) is 43.0 Å². The van der Waals surface area contributed by atoms with Crippen LogP contribution in [0, 0.1) is 12.7 Å². The van der Waals surface area contributed by atoms with Crippen LogP contribution in [-0.2, 0) is 5.41 Å². The summed E-state index contributed by atoms with van der Waals surface area (Å²) in [6.07, 6.45) is 1.54. The van der Waals surface area contributed by atoms with Crippen LogP contribution in [-0.4, -0.2) is 62.0 Å². The average Bonchev–Trinajstić information content (AvgIpc) is 3.53. The highest BCUT2D eigenvalue weighted by atomic mass is 19.1. The molecular weight excluding hydrogens is 485 g/mol. The fraction of sp³-hybridized carbons (Fsp3) is 0.379. The molecule has 9 heteroatoms. The molecule has 1 saturated heterocycles. The maximum absolute atomic E-state index is 13.9. The number of hydrogen-bond donors (Lipinski definition) is 1. The number of pyridine rings is 1. The topological polar surface area (TPSA) is 95.3 Å². The second-order valence-corrected chi connectivity index (χ2v) is 11.6. The number of aromatic nitrogens is 3. The number of halogens is 1. The molecule has 1 aliphatic heterocycles. The molecule has 0 bridgehead atoms. The van der Waals surface area contributed by atoms with Crippen molar-refractivity contribution in [3.8, 4) is 11.3 Å². The van der Waals surface area contributed by atoms with E-state index in [2.05, 4.69) is 31.0 Å². The molecule has 0 spiro atoms. The second kappa shape index (κ2) is 9.08. The van der Waals surface area contributed by atoms with E-state index in [1.165, 1.54) is 6.07 Å². The first-order chi connectivity index (χ1) is 17.8. The zero-order valence-corrected chi connectivity index (χ0v) is 22.6. The van der Waals surface area contributed by atoms with E-state index in [4.69, 9.17) is 9.40 Å². The number of rotatable bonds is 3. The van der Waals surface area contributed by atoms with Gasteiger partial charge in [0.15, 0.2) is 11.3 Å². The third-order valence-electron chi connectivity index (χ3n) is 7.12. The number of nitrogens with one attached hydrogen (secondary N) is 1. The van der Waals surface area contributed by atoms with Crippen LogP contribution >= 0.6 is 0 Å². The van der Waals surface area contributed by atoms with Crippen molar-refractivity contribution in [1.82, 2.24) is 25.0 Å². The number of carbonyl (C=O) groups is 2. The van der Waals surface area contributed by atoms with E-state index in [0.717, 1.165) is 11.1 Å². The molecule has 5 rings (SSSR count). The van der Waals surface area contributed by atoms with Gasteiger partial charge >= 0.3 is 0 Å². The van der Waals surface area contributed by atoms with Gasteiger partial charge in [0.25, 0.3) is 11.8 Å². The molecule has 38 heavy (non-hydrogen) atoms. The van der Waals surface area contributed by atoms with Gasteiger partial charge in [-0.1, -0.05) is 20.8 Å². The predicted octanol–water partition coefficient (Wildman–Crippen LogP) is 5.34. The fourth-order valence-corrected chi connectivity index (χ4v) is 5.02. The first-order valence-corrected chi connectivity index (χ1v) is 12.7. The third-order valence-corrected chi connectivity index (χ3v) is 7.12. The summed E-state index contributed by atoms with van der Waals surface area (Å²) in [7, 11) is 0. The Balaban J connectivity index is 1.48. The number of hydrogen-bond acceptors (Lipinski definition) is 5. The monoisotopic (exact) mass is 517 g/mol. The van der Waals surface area contributed by atoms with E-state index in [1.807, 2.05) is 19.9 Å². The van der Waals surface area contributed by atoms with E-state index < -0.39 is 5.54 Å². The Bertz CT molecular complexity index is 1530. The fourth-order valence-electron chi connectivity index (χ4n) is 5.02. The highest BCUT2D eigenvalue weighted by molar-refractivity contribution is 5.97. The van der Waals surface area contributed by atoms with Crippen molar-refractivity contribution in [3.05, 3.63) is 71.0 Å². The summed E-state index contributed by atoms with van der Waals surface area (Å²) in [5, 5.41) is 6.58. The van der Waals surface area contributed by atoms with Crippen LogP contribution in [0.25, 0.3) is 22.4 Å². The number of nitrogens with zero attached hydrogens (tertiary/aromatic N) is 4. The van der Waals surface area contributed by atoms with Crippen molar-refractivity contribution in [1.29, 1.82) is 0 Å². The third kappa shape index (κ3) is 4.57. The minimum Gasteiger partial charge on any atom is -0.449 e. The lowest BCUT2D eigenvalue weighted by Gasteiger charge is -2.46. The standard InChI is InChI=1S/C29H32FN5O3/c1-17-13-18(7-8-20(17)30)22-14-19(28(2,3)4)25-23(32-22)15-24(38-25)27(37)35-12-11-34(16-29(35,5)6)26(36)21-9-10-31-33-21/h7-10,13-15H,11-12,16H2,1-6H3,(H,31,33). The minimum absolute atomic E-state index is 0.144. The molecule has 2 amide bonds. The smallest absolute Gasteiger partial charge is 0.290 e. The largest absolute Gasteiger partial charge is 0.449 e. The molecule has 4 aromatic rings. The van der Waals surface area contributed by atoms with E-state index in [0.29, 0.717) is 47.7 Å². The molecule has 0 radical (unpaired) electrons. The van der Waals surface area contributed by atoms with Crippen LogP contribution in [0.3, 0.4) is 0 Å². The van der Waals surface area contributed by atoms with Crippen molar-refractivity contribution >= 4 is 22.9 Å². The number of aryl methyl sites for hydroxylation is 1. The van der Waals surface area contributed by atoms with Crippen LogP contribution in [0.1, 0.15) is 66.8 Å². The molecule has 0 atom stereocenters. The molecule has 3 aromatic heterocycles. The lowest BCUT2D eigenvalue weighted by molar-refractivity contribution is 0.0148. The molecule has 0 saturated carbocycles. The summed E-state index contributed by atoms with van der Waals surface area (Å²) in [4.78, 5) is 34.8. The number of benzene rings is 1. The Kier molecular flexibility index (Phi) is 6.12. The summed E-state index contributed by atoms with van der Waals surface area (Å²) < 4.78 is 20.1. The quantitative estimate of drug-likeness (QED) is 0.396. The zero-order valence-electron chi connectivity index (χ0n) is 22.6. The zero-order chi connectivity index (χ0) is 27.4. The summed E-state index contributed by atoms with van der Waals surface area (Å²) in [5.41, 5.74) is 3.58. The lowest BCUT2D eigenvalue weighted by atomic mass is 9.86. The Morgan fingerprint density at radius 3 is 2.47 bits per heavy atom. The maximum Gasteiger partial charge on any atom is 0.290 e. The van der Waals surface area contributed by atoms with Gasteiger partial charge in [-0.05, 0) is 62.1 Å². The normalized spacial score (nSPS) is 15.8. The first kappa shape index (κ1) is 25.6. The average molecular weight is 518 g/mol. The number of aromatic amines is 1. The molecule has 1 aromatic carbocycles. The molecule has 0 unspecified atom stereocenters. The van der Waals surface area contributed by atoms with Crippen LogP contribution in [0.2, 0.25) is 0 Å². The van der Waals surface area contributed by atoms with E-state index in [9.17, 15) is 14.0 Å². The van der Waals surface area contributed by atoms with Crippen molar-refractivity contribution in [2.75, 3.05) is 19.6 Å². The second-order valence-electron chi connectivity index (χ2n) is 11.6. The number of piperazine rings is 1. The summed E-state index contributed by atoms with van der Waals surface area (Å²) in [5.74, 6) is -0.461. The van der Waals surface area contributed by atoms with E-state index in [-0.39, 0.29) is 28.8 Å². The highest BCUT2D eigenvalue weighted by Crippen LogP contribution is 2.36. The van der Waals surface area contributed by atoms with Crippen LogP contribution < -0.4 is 0 Å². The Hall–Kier alpha value is -4.01. The van der Waals surface area contributed by atoms with Crippen LogP contribution in [0.4, 0.5) is 4.39 Å². The maximum atomic E-state index is 13.9. The Morgan fingerprint density at radius 1 is 1.08 bits per heavy atom. The molecule has 0 aliphatic carbocycles. The number of carbonyl (C=O) groups excluding carboxylic acids is 2.